The minimum Gasteiger partial charge on any atom is -0.448 e. The van der Waals surface area contributed by atoms with Crippen LogP contribution in [0.1, 0.15) is 17.2 Å². The highest BCUT2D eigenvalue weighted by Gasteiger charge is 2.15. The molecule has 0 aliphatic rings. The Morgan fingerprint density at radius 1 is 0.708 bits per heavy atom. The van der Waals surface area contributed by atoms with Gasteiger partial charge >= 0.3 is 0 Å². The fraction of sp³-hybridized carbons (Fsp3) is 0.0952. The topological polar surface area (TPSA) is 18.5 Å². The van der Waals surface area contributed by atoms with E-state index in [-0.39, 0.29) is 12.7 Å². The first kappa shape index (κ1) is 16.4. The van der Waals surface area contributed by atoms with Gasteiger partial charge in [-0.15, -0.1) is 0 Å². The average molecular weight is 334 g/mol. The molecule has 0 bridgehead atoms. The fourth-order valence-corrected chi connectivity index (χ4v) is 2.61. The molecular formula is C21H18O2S. The summed E-state index contributed by atoms with van der Waals surface area (Å²) in [6.07, 6.45) is -0.176. The molecule has 0 heterocycles. The molecule has 3 aromatic rings. The number of para-hydroxylation sites is 1. The van der Waals surface area contributed by atoms with Gasteiger partial charge in [0, 0.05) is 0 Å². The van der Waals surface area contributed by atoms with Gasteiger partial charge in [-0.1, -0.05) is 78.9 Å². The Hall–Kier alpha value is -2.49. The van der Waals surface area contributed by atoms with Gasteiger partial charge < -0.3 is 9.47 Å². The van der Waals surface area contributed by atoms with Crippen LogP contribution in [0.3, 0.4) is 0 Å². The summed E-state index contributed by atoms with van der Waals surface area (Å²) in [6.45, 7) is 0.249. The van der Waals surface area contributed by atoms with E-state index < -0.39 is 0 Å². The molecule has 2 nitrogen and oxygen atoms in total. The van der Waals surface area contributed by atoms with Crippen LogP contribution in [0, 0.1) is 0 Å². The molecule has 3 heteroatoms. The largest absolute Gasteiger partial charge is 0.448 e. The van der Waals surface area contributed by atoms with Gasteiger partial charge in [0.05, 0.1) is 0 Å². The third-order valence-electron chi connectivity index (χ3n) is 3.55. The summed E-state index contributed by atoms with van der Waals surface area (Å²) < 4.78 is 11.7. The molecule has 0 radical (unpaired) electrons. The van der Waals surface area contributed by atoms with E-state index >= 15 is 0 Å². The summed E-state index contributed by atoms with van der Waals surface area (Å²) >= 11 is 5.31. The average Bonchev–Trinajstić information content (AvgIpc) is 2.64. The normalized spacial score (nSPS) is 10.5. The molecule has 3 rings (SSSR count). The predicted molar refractivity (Wildman–Crippen MR) is 100 cm³/mol. The third kappa shape index (κ3) is 4.51. The number of hydrogen-bond acceptors (Lipinski definition) is 3. The van der Waals surface area contributed by atoms with Crippen molar-refractivity contribution in [1.29, 1.82) is 0 Å². The number of hydrogen-bond donors (Lipinski definition) is 0. The first-order valence-electron chi connectivity index (χ1n) is 7.80. The Kier molecular flexibility index (Phi) is 5.72. The first-order chi connectivity index (χ1) is 11.8. The van der Waals surface area contributed by atoms with Crippen molar-refractivity contribution < 1.29 is 9.47 Å². The summed E-state index contributed by atoms with van der Waals surface area (Å²) in [5, 5.41) is 0.415. The van der Waals surface area contributed by atoms with E-state index in [4.69, 9.17) is 21.7 Å². The highest BCUT2D eigenvalue weighted by atomic mass is 32.1. The number of ether oxygens (including phenoxy) is 2. The molecule has 0 aliphatic heterocycles. The van der Waals surface area contributed by atoms with Crippen molar-refractivity contribution >= 4 is 17.3 Å². The summed E-state index contributed by atoms with van der Waals surface area (Å²) in [5.41, 5.74) is 2.18. The molecule has 0 saturated carbocycles. The number of thiocarbonyl (C=S) groups is 1. The summed E-state index contributed by atoms with van der Waals surface area (Å²) in [7, 11) is 0. The molecule has 0 spiro atoms. The van der Waals surface area contributed by atoms with Gasteiger partial charge in [-0.25, -0.2) is 0 Å². The van der Waals surface area contributed by atoms with Crippen LogP contribution in [-0.2, 0) is 4.74 Å². The zero-order valence-electron chi connectivity index (χ0n) is 13.2. The molecule has 24 heavy (non-hydrogen) atoms. The molecular weight excluding hydrogens is 316 g/mol. The van der Waals surface area contributed by atoms with Gasteiger partial charge in [0.25, 0.3) is 0 Å². The minimum atomic E-state index is -0.176. The van der Waals surface area contributed by atoms with Crippen molar-refractivity contribution in [3.63, 3.8) is 0 Å². The van der Waals surface area contributed by atoms with Crippen LogP contribution in [0.15, 0.2) is 91.0 Å². The van der Waals surface area contributed by atoms with E-state index in [2.05, 4.69) is 24.3 Å². The van der Waals surface area contributed by atoms with Gasteiger partial charge in [0.1, 0.15) is 18.5 Å². The van der Waals surface area contributed by atoms with Crippen LogP contribution in [-0.4, -0.2) is 11.7 Å². The maximum Gasteiger partial charge on any atom is 0.193 e. The second-order valence-electron chi connectivity index (χ2n) is 5.30. The number of rotatable bonds is 6. The molecule has 0 fully saturated rings. The van der Waals surface area contributed by atoms with Crippen LogP contribution in [0.25, 0.3) is 0 Å². The lowest BCUT2D eigenvalue weighted by atomic mass is 10.0. The maximum absolute atomic E-state index is 6.08. The molecule has 0 aromatic heterocycles. The molecule has 0 N–H and O–H groups in total. The standard InChI is InChI=1S/C21H18O2S/c24-20(23-19-14-8-3-9-15-19)16-22-21(17-10-4-1-5-11-17)18-12-6-2-7-13-18/h1-15,21H,16H2. The Bertz CT molecular complexity index is 718. The highest BCUT2D eigenvalue weighted by molar-refractivity contribution is 7.80. The van der Waals surface area contributed by atoms with Crippen molar-refractivity contribution in [3.8, 4) is 5.75 Å². The van der Waals surface area contributed by atoms with E-state index in [1.54, 1.807) is 0 Å². The van der Waals surface area contributed by atoms with Crippen LogP contribution in [0.5, 0.6) is 5.75 Å². The van der Waals surface area contributed by atoms with E-state index in [1.807, 2.05) is 66.7 Å². The predicted octanol–water partition coefficient (Wildman–Crippen LogP) is 5.20. The van der Waals surface area contributed by atoms with Crippen molar-refractivity contribution in [2.75, 3.05) is 6.61 Å². The van der Waals surface area contributed by atoms with E-state index in [0.717, 1.165) is 16.9 Å². The second-order valence-corrected chi connectivity index (χ2v) is 5.75. The monoisotopic (exact) mass is 334 g/mol. The molecule has 0 saturated heterocycles. The SMILES string of the molecule is S=C(COC(c1ccccc1)c1ccccc1)Oc1ccccc1. The molecule has 3 aromatic carbocycles. The summed E-state index contributed by atoms with van der Waals surface area (Å²) in [6, 6.07) is 29.7. The highest BCUT2D eigenvalue weighted by Crippen LogP contribution is 2.25. The van der Waals surface area contributed by atoms with Crippen molar-refractivity contribution in [2.24, 2.45) is 0 Å². The quantitative estimate of drug-likeness (QED) is 0.577. The summed E-state index contributed by atoms with van der Waals surface area (Å²) in [5.74, 6) is 0.724. The van der Waals surface area contributed by atoms with Crippen LogP contribution in [0.4, 0.5) is 0 Å². The molecule has 0 atom stereocenters. The second kappa shape index (κ2) is 8.39. The van der Waals surface area contributed by atoms with Crippen LogP contribution in [0.2, 0.25) is 0 Å². The lowest BCUT2D eigenvalue weighted by Gasteiger charge is -2.19. The van der Waals surface area contributed by atoms with Crippen LogP contribution < -0.4 is 4.74 Å². The van der Waals surface area contributed by atoms with Crippen molar-refractivity contribution in [1.82, 2.24) is 0 Å². The zero-order valence-corrected chi connectivity index (χ0v) is 14.0. The Morgan fingerprint density at radius 3 is 1.67 bits per heavy atom. The van der Waals surface area contributed by atoms with Crippen molar-refractivity contribution in [3.05, 3.63) is 102 Å². The Morgan fingerprint density at radius 2 is 1.17 bits per heavy atom. The molecule has 0 amide bonds. The van der Waals surface area contributed by atoms with E-state index in [9.17, 15) is 0 Å². The van der Waals surface area contributed by atoms with E-state index in [1.165, 1.54) is 0 Å². The van der Waals surface area contributed by atoms with Crippen molar-refractivity contribution in [2.45, 2.75) is 6.10 Å². The lowest BCUT2D eigenvalue weighted by molar-refractivity contribution is 0.107. The van der Waals surface area contributed by atoms with Gasteiger partial charge in [-0.05, 0) is 35.5 Å². The Balaban J connectivity index is 1.70. The smallest absolute Gasteiger partial charge is 0.193 e. The minimum absolute atomic E-state index is 0.176. The molecule has 0 unspecified atom stereocenters. The summed E-state index contributed by atoms with van der Waals surface area (Å²) in [4.78, 5) is 0. The van der Waals surface area contributed by atoms with Crippen LogP contribution >= 0.6 is 12.2 Å². The van der Waals surface area contributed by atoms with E-state index in [0.29, 0.717) is 5.05 Å². The third-order valence-corrected chi connectivity index (χ3v) is 3.75. The molecule has 0 aliphatic carbocycles. The maximum atomic E-state index is 6.08. The van der Waals surface area contributed by atoms with Gasteiger partial charge in [0.2, 0.25) is 0 Å². The lowest BCUT2D eigenvalue weighted by Crippen LogP contribution is -2.17. The zero-order chi connectivity index (χ0) is 16.6. The van der Waals surface area contributed by atoms with Gasteiger partial charge in [0.15, 0.2) is 5.05 Å². The molecule has 120 valence electrons. The first-order valence-corrected chi connectivity index (χ1v) is 8.21. The fourth-order valence-electron chi connectivity index (χ4n) is 2.44. The number of benzene rings is 3. The van der Waals surface area contributed by atoms with Gasteiger partial charge in [-0.2, -0.15) is 0 Å². The van der Waals surface area contributed by atoms with Gasteiger partial charge in [-0.3, -0.25) is 0 Å². The Labute approximate surface area is 147 Å².